The number of nitrogens with one attached hydrogen (secondary N) is 1. The van der Waals surface area contributed by atoms with Gasteiger partial charge in [-0.25, -0.2) is 9.50 Å². The van der Waals surface area contributed by atoms with Crippen molar-refractivity contribution in [3.8, 4) is 17.0 Å². The lowest BCUT2D eigenvalue weighted by Gasteiger charge is -2.32. The van der Waals surface area contributed by atoms with Crippen molar-refractivity contribution in [2.24, 2.45) is 5.92 Å². The number of hydrogen-bond acceptors (Lipinski definition) is 6. The molecule has 1 N–H and O–H groups in total. The van der Waals surface area contributed by atoms with Crippen molar-refractivity contribution in [1.29, 1.82) is 0 Å². The van der Waals surface area contributed by atoms with Gasteiger partial charge < -0.3 is 19.4 Å². The Morgan fingerprint density at radius 3 is 2.88 bits per heavy atom. The van der Waals surface area contributed by atoms with Gasteiger partial charge in [-0.2, -0.15) is 5.10 Å². The van der Waals surface area contributed by atoms with E-state index in [-0.39, 0.29) is 11.8 Å². The molecule has 4 aromatic rings. The Balaban J connectivity index is 1.29. The van der Waals surface area contributed by atoms with E-state index >= 15 is 0 Å². The molecule has 1 amide bonds. The summed E-state index contributed by atoms with van der Waals surface area (Å²) in [5.74, 6) is 2.53. The molecule has 164 valence electrons. The zero-order valence-electron chi connectivity index (χ0n) is 17.9. The van der Waals surface area contributed by atoms with Gasteiger partial charge in [-0.3, -0.25) is 4.79 Å². The van der Waals surface area contributed by atoms with E-state index in [1.807, 2.05) is 47.1 Å². The van der Waals surface area contributed by atoms with Crippen molar-refractivity contribution >= 4 is 17.2 Å². The number of amides is 1. The molecule has 1 saturated heterocycles. The molecule has 3 aromatic heterocycles. The largest absolute Gasteiger partial charge is 0.497 e. The Morgan fingerprint density at radius 2 is 2.09 bits per heavy atom. The summed E-state index contributed by atoms with van der Waals surface area (Å²) in [5, 5.41) is 7.71. The number of carbonyl (C=O) groups is 1. The molecule has 1 aliphatic heterocycles. The molecule has 8 heteroatoms. The molecule has 1 fully saturated rings. The third kappa shape index (κ3) is 4.03. The van der Waals surface area contributed by atoms with Crippen LogP contribution >= 0.6 is 0 Å². The van der Waals surface area contributed by atoms with Crippen LogP contribution < -0.4 is 15.0 Å². The highest BCUT2D eigenvalue weighted by Gasteiger charge is 2.27. The first-order valence-electron chi connectivity index (χ1n) is 10.7. The van der Waals surface area contributed by atoms with E-state index in [1.165, 1.54) is 0 Å². The van der Waals surface area contributed by atoms with Crippen LogP contribution in [0.2, 0.25) is 0 Å². The second-order valence-electron chi connectivity index (χ2n) is 7.90. The minimum atomic E-state index is -0.00167. The van der Waals surface area contributed by atoms with Gasteiger partial charge in [-0.05, 0) is 43.2 Å². The molecule has 0 radical (unpaired) electrons. The second kappa shape index (κ2) is 8.74. The number of aromatic nitrogens is 3. The van der Waals surface area contributed by atoms with Gasteiger partial charge in [0.25, 0.3) is 0 Å². The van der Waals surface area contributed by atoms with Gasteiger partial charge in [0.15, 0.2) is 5.82 Å². The van der Waals surface area contributed by atoms with Gasteiger partial charge in [-0.1, -0.05) is 12.1 Å². The molecule has 0 saturated carbocycles. The first-order valence-corrected chi connectivity index (χ1v) is 10.7. The summed E-state index contributed by atoms with van der Waals surface area (Å²) in [7, 11) is 1.66. The van der Waals surface area contributed by atoms with Crippen molar-refractivity contribution in [2.75, 3.05) is 25.1 Å². The summed E-state index contributed by atoms with van der Waals surface area (Å²) in [4.78, 5) is 19.4. The Bertz CT molecular complexity index is 1210. The molecular formula is C24H25N5O3. The van der Waals surface area contributed by atoms with Gasteiger partial charge in [0, 0.05) is 37.0 Å². The van der Waals surface area contributed by atoms with Crippen molar-refractivity contribution in [3.63, 3.8) is 0 Å². The normalized spacial score (nSPS) is 14.6. The fourth-order valence-corrected chi connectivity index (χ4v) is 4.16. The van der Waals surface area contributed by atoms with Crippen LogP contribution in [0.4, 0.5) is 5.82 Å². The second-order valence-corrected chi connectivity index (χ2v) is 7.90. The van der Waals surface area contributed by atoms with E-state index in [0.29, 0.717) is 6.54 Å². The quantitative estimate of drug-likeness (QED) is 0.503. The molecule has 0 aliphatic carbocycles. The molecule has 0 spiro atoms. The molecule has 8 nitrogen and oxygen atoms in total. The van der Waals surface area contributed by atoms with E-state index in [0.717, 1.165) is 60.0 Å². The minimum Gasteiger partial charge on any atom is -0.497 e. The number of benzene rings is 1. The highest BCUT2D eigenvalue weighted by atomic mass is 16.5. The van der Waals surface area contributed by atoms with Crippen LogP contribution in [-0.2, 0) is 11.3 Å². The summed E-state index contributed by atoms with van der Waals surface area (Å²) >= 11 is 0. The maximum atomic E-state index is 12.6. The third-order valence-electron chi connectivity index (χ3n) is 5.92. The fourth-order valence-electron chi connectivity index (χ4n) is 4.16. The summed E-state index contributed by atoms with van der Waals surface area (Å²) in [6.45, 7) is 1.96. The summed E-state index contributed by atoms with van der Waals surface area (Å²) < 4.78 is 12.5. The van der Waals surface area contributed by atoms with Crippen molar-refractivity contribution < 1.29 is 13.9 Å². The van der Waals surface area contributed by atoms with E-state index < -0.39 is 0 Å². The number of rotatable bonds is 6. The van der Waals surface area contributed by atoms with Gasteiger partial charge in [-0.15, -0.1) is 0 Å². The molecule has 0 unspecified atom stereocenters. The van der Waals surface area contributed by atoms with Crippen LogP contribution in [-0.4, -0.2) is 40.7 Å². The number of piperidine rings is 1. The SMILES string of the molecule is COc1cccc(-c2cc3c(N4CCC(C(=O)NCc5ccco5)CC4)nccn3n2)c1. The Labute approximate surface area is 185 Å². The Kier molecular flexibility index (Phi) is 5.49. The molecule has 1 aliphatic rings. The van der Waals surface area contributed by atoms with Gasteiger partial charge in [0.05, 0.1) is 25.6 Å². The zero-order valence-corrected chi connectivity index (χ0v) is 17.9. The molecule has 4 heterocycles. The lowest BCUT2D eigenvalue weighted by atomic mass is 9.96. The molecule has 0 bridgehead atoms. The molecule has 32 heavy (non-hydrogen) atoms. The predicted molar refractivity (Wildman–Crippen MR) is 120 cm³/mol. The smallest absolute Gasteiger partial charge is 0.223 e. The predicted octanol–water partition coefficient (Wildman–Crippen LogP) is 3.53. The van der Waals surface area contributed by atoms with E-state index in [2.05, 4.69) is 21.3 Å². The molecule has 1 aromatic carbocycles. The van der Waals surface area contributed by atoms with Gasteiger partial charge in [0.2, 0.25) is 5.91 Å². The monoisotopic (exact) mass is 431 g/mol. The van der Waals surface area contributed by atoms with Crippen molar-refractivity contribution in [1.82, 2.24) is 19.9 Å². The Morgan fingerprint density at radius 1 is 1.22 bits per heavy atom. The molecular weight excluding hydrogens is 406 g/mol. The van der Waals surface area contributed by atoms with Crippen LogP contribution in [0.3, 0.4) is 0 Å². The maximum absolute atomic E-state index is 12.6. The number of ether oxygens (including phenoxy) is 1. The molecule has 0 atom stereocenters. The van der Waals surface area contributed by atoms with E-state index in [9.17, 15) is 4.79 Å². The fraction of sp³-hybridized carbons (Fsp3) is 0.292. The van der Waals surface area contributed by atoms with Crippen LogP contribution in [0.5, 0.6) is 5.75 Å². The van der Waals surface area contributed by atoms with Crippen LogP contribution in [0.25, 0.3) is 16.8 Å². The summed E-state index contributed by atoms with van der Waals surface area (Å²) in [6, 6.07) is 13.6. The first kappa shape index (κ1) is 20.1. The highest BCUT2D eigenvalue weighted by molar-refractivity contribution is 5.79. The number of fused-ring (bicyclic) bond motifs is 1. The topological polar surface area (TPSA) is 84.9 Å². The molecule has 5 rings (SSSR count). The lowest BCUT2D eigenvalue weighted by molar-refractivity contribution is -0.125. The third-order valence-corrected chi connectivity index (χ3v) is 5.92. The average Bonchev–Trinajstić information content (AvgIpc) is 3.52. The number of anilines is 1. The van der Waals surface area contributed by atoms with Gasteiger partial charge in [0.1, 0.15) is 17.0 Å². The van der Waals surface area contributed by atoms with Crippen LogP contribution in [0, 0.1) is 5.92 Å². The van der Waals surface area contributed by atoms with Crippen molar-refractivity contribution in [2.45, 2.75) is 19.4 Å². The highest BCUT2D eigenvalue weighted by Crippen LogP contribution is 2.29. The maximum Gasteiger partial charge on any atom is 0.223 e. The zero-order chi connectivity index (χ0) is 21.9. The Hall–Kier alpha value is -3.81. The van der Waals surface area contributed by atoms with Crippen molar-refractivity contribution in [3.05, 3.63) is 66.9 Å². The lowest BCUT2D eigenvalue weighted by Crippen LogP contribution is -2.40. The van der Waals surface area contributed by atoms with Crippen LogP contribution in [0.1, 0.15) is 18.6 Å². The number of carbonyl (C=O) groups excluding carboxylic acids is 1. The summed E-state index contributed by atoms with van der Waals surface area (Å²) in [5.41, 5.74) is 2.81. The van der Waals surface area contributed by atoms with Crippen LogP contribution in [0.15, 0.2) is 65.5 Å². The van der Waals surface area contributed by atoms with E-state index in [4.69, 9.17) is 14.3 Å². The standard InChI is InChI=1S/C24H25N5O3/c1-31-19-5-2-4-18(14-19)21-15-22-23(25-9-12-29(22)27-21)28-10-7-17(8-11-28)24(30)26-16-20-6-3-13-32-20/h2-6,9,12-15,17H,7-8,10-11,16H2,1H3,(H,26,30). The number of nitrogens with zero attached hydrogens (tertiary/aromatic N) is 4. The van der Waals surface area contributed by atoms with Gasteiger partial charge >= 0.3 is 0 Å². The number of methoxy groups -OCH3 is 1. The minimum absolute atomic E-state index is 0.00167. The summed E-state index contributed by atoms with van der Waals surface area (Å²) in [6.07, 6.45) is 6.81. The van der Waals surface area contributed by atoms with E-state index in [1.54, 1.807) is 19.6 Å². The average molecular weight is 431 g/mol. The first-order chi connectivity index (χ1) is 15.7. The number of hydrogen-bond donors (Lipinski definition) is 1. The number of furan rings is 1.